The van der Waals surface area contributed by atoms with Crippen molar-refractivity contribution in [2.75, 3.05) is 18.5 Å². The number of nitrogens with zero attached hydrogens (tertiary/aromatic N) is 1. The van der Waals surface area contributed by atoms with Crippen molar-refractivity contribution in [2.24, 2.45) is 16.2 Å². The Morgan fingerprint density at radius 3 is 2.75 bits per heavy atom. The highest BCUT2D eigenvalue weighted by Gasteiger charge is 2.26. The van der Waals surface area contributed by atoms with E-state index in [1.165, 1.54) is 12.1 Å². The minimum absolute atomic E-state index is 0.0807. The number of nitrogens with one attached hydrogen (secondary N) is 1. The Kier molecular flexibility index (Phi) is 4.00. The maximum atomic E-state index is 11.3. The normalized spacial score (nSPS) is 18.6. The molecule has 1 aromatic rings. The number of rotatable bonds is 5. The fourth-order valence-electron chi connectivity index (χ4n) is 1.87. The van der Waals surface area contributed by atoms with Gasteiger partial charge in [-0.25, -0.2) is 13.6 Å². The van der Waals surface area contributed by atoms with E-state index in [4.69, 9.17) is 9.88 Å². The smallest absolute Gasteiger partial charge is 0.310 e. The van der Waals surface area contributed by atoms with Crippen LogP contribution in [0.4, 0.5) is 11.4 Å². The molecule has 1 fully saturated rings. The SMILES string of the molecule is NS(=O)(=O)c1ccc(NCC2CCOC2=O)c(N=O)c1. The van der Waals surface area contributed by atoms with E-state index in [9.17, 15) is 18.1 Å². The highest BCUT2D eigenvalue weighted by Crippen LogP contribution is 2.28. The van der Waals surface area contributed by atoms with Crippen molar-refractivity contribution in [1.82, 2.24) is 0 Å². The molecule has 1 heterocycles. The lowest BCUT2D eigenvalue weighted by atomic mass is 10.1. The topological polar surface area (TPSA) is 128 Å². The summed E-state index contributed by atoms with van der Waals surface area (Å²) < 4.78 is 27.2. The highest BCUT2D eigenvalue weighted by atomic mass is 32.2. The van der Waals surface area contributed by atoms with E-state index in [2.05, 4.69) is 10.5 Å². The van der Waals surface area contributed by atoms with Crippen LogP contribution < -0.4 is 10.5 Å². The molecule has 0 aliphatic carbocycles. The van der Waals surface area contributed by atoms with Gasteiger partial charge in [-0.3, -0.25) is 4.79 Å². The minimum Gasteiger partial charge on any atom is -0.465 e. The molecule has 0 radical (unpaired) electrons. The molecule has 0 aromatic heterocycles. The quantitative estimate of drug-likeness (QED) is 0.608. The maximum absolute atomic E-state index is 11.3. The summed E-state index contributed by atoms with van der Waals surface area (Å²) in [5, 5.41) is 10.6. The van der Waals surface area contributed by atoms with Crippen LogP contribution in [0.15, 0.2) is 28.3 Å². The molecule has 108 valence electrons. The van der Waals surface area contributed by atoms with Gasteiger partial charge in [0.15, 0.2) is 0 Å². The molecule has 0 saturated carbocycles. The van der Waals surface area contributed by atoms with Crippen molar-refractivity contribution in [1.29, 1.82) is 0 Å². The van der Waals surface area contributed by atoms with Gasteiger partial charge in [0.2, 0.25) is 10.0 Å². The summed E-state index contributed by atoms with van der Waals surface area (Å²) in [6.07, 6.45) is 0.602. The molecule has 1 aliphatic heterocycles. The van der Waals surface area contributed by atoms with Crippen LogP contribution in [-0.2, 0) is 19.6 Å². The first kappa shape index (κ1) is 14.4. The summed E-state index contributed by atoms with van der Waals surface area (Å²) in [5.74, 6) is -0.577. The molecule has 1 atom stereocenters. The fraction of sp³-hybridized carbons (Fsp3) is 0.364. The van der Waals surface area contributed by atoms with Gasteiger partial charge in [-0.05, 0) is 29.8 Å². The van der Waals surface area contributed by atoms with Gasteiger partial charge in [0.05, 0.1) is 23.1 Å². The third kappa shape index (κ3) is 3.11. The van der Waals surface area contributed by atoms with Crippen molar-refractivity contribution in [3.8, 4) is 0 Å². The van der Waals surface area contributed by atoms with Gasteiger partial charge < -0.3 is 10.1 Å². The van der Waals surface area contributed by atoms with Crippen LogP contribution in [0.3, 0.4) is 0 Å². The molecule has 20 heavy (non-hydrogen) atoms. The lowest BCUT2D eigenvalue weighted by Crippen LogP contribution is -2.18. The van der Waals surface area contributed by atoms with Crippen LogP contribution in [0.1, 0.15) is 6.42 Å². The second kappa shape index (κ2) is 5.55. The summed E-state index contributed by atoms with van der Waals surface area (Å²) in [7, 11) is -3.89. The Bertz CT molecular complexity index is 643. The van der Waals surface area contributed by atoms with Gasteiger partial charge in [-0.2, -0.15) is 0 Å². The molecule has 0 spiro atoms. The van der Waals surface area contributed by atoms with Crippen LogP contribution >= 0.6 is 0 Å². The lowest BCUT2D eigenvalue weighted by molar-refractivity contribution is -0.140. The first-order valence-electron chi connectivity index (χ1n) is 5.82. The predicted octanol–water partition coefficient (Wildman–Crippen LogP) is 0.707. The molecule has 2 rings (SSSR count). The Balaban J connectivity index is 2.16. The number of hydrogen-bond donors (Lipinski definition) is 2. The summed E-state index contributed by atoms with van der Waals surface area (Å²) in [5.41, 5.74) is 0.259. The second-order valence-electron chi connectivity index (χ2n) is 4.35. The number of sulfonamides is 1. The number of nitroso groups, excluding NO2 is 1. The largest absolute Gasteiger partial charge is 0.465 e. The van der Waals surface area contributed by atoms with Crippen molar-refractivity contribution in [2.45, 2.75) is 11.3 Å². The number of hydrogen-bond acceptors (Lipinski definition) is 7. The monoisotopic (exact) mass is 299 g/mol. The molecular weight excluding hydrogens is 286 g/mol. The average molecular weight is 299 g/mol. The van der Waals surface area contributed by atoms with Gasteiger partial charge in [-0.15, -0.1) is 4.91 Å². The van der Waals surface area contributed by atoms with E-state index < -0.39 is 10.0 Å². The van der Waals surface area contributed by atoms with E-state index in [-0.39, 0.29) is 29.0 Å². The van der Waals surface area contributed by atoms with E-state index >= 15 is 0 Å². The molecule has 1 aromatic carbocycles. The number of ether oxygens (including phenoxy) is 1. The standard InChI is InChI=1S/C11H13N3O5S/c12-20(17,18)8-1-2-9(10(5-8)14-16)13-6-7-3-4-19-11(7)15/h1-2,5,7,13H,3-4,6H2,(H2,12,17,18). The first-order valence-corrected chi connectivity index (χ1v) is 7.37. The maximum Gasteiger partial charge on any atom is 0.310 e. The molecule has 1 aliphatic rings. The number of carbonyl (C=O) groups excluding carboxylic acids is 1. The van der Waals surface area contributed by atoms with Crippen molar-refractivity contribution >= 4 is 27.4 Å². The van der Waals surface area contributed by atoms with Gasteiger partial charge >= 0.3 is 5.97 Å². The van der Waals surface area contributed by atoms with E-state index in [1.54, 1.807) is 0 Å². The molecule has 0 bridgehead atoms. The Morgan fingerprint density at radius 1 is 1.45 bits per heavy atom. The number of carbonyl (C=O) groups is 1. The summed E-state index contributed by atoms with van der Waals surface area (Å²) in [4.78, 5) is 21.8. The first-order chi connectivity index (χ1) is 9.41. The molecule has 3 N–H and O–H groups in total. The number of nitrogens with two attached hydrogens (primary N) is 1. The van der Waals surface area contributed by atoms with Gasteiger partial charge in [0.1, 0.15) is 5.69 Å². The van der Waals surface area contributed by atoms with Crippen LogP contribution in [0, 0.1) is 10.8 Å². The highest BCUT2D eigenvalue weighted by molar-refractivity contribution is 7.89. The van der Waals surface area contributed by atoms with Crippen LogP contribution in [0.25, 0.3) is 0 Å². The Morgan fingerprint density at radius 2 is 2.20 bits per heavy atom. The van der Waals surface area contributed by atoms with Crippen molar-refractivity contribution in [3.05, 3.63) is 23.1 Å². The number of anilines is 1. The zero-order valence-electron chi connectivity index (χ0n) is 10.4. The second-order valence-corrected chi connectivity index (χ2v) is 5.91. The van der Waals surface area contributed by atoms with Gasteiger partial charge in [0, 0.05) is 6.54 Å². The molecular formula is C11H13N3O5S. The third-order valence-electron chi connectivity index (χ3n) is 2.98. The predicted molar refractivity (Wildman–Crippen MR) is 70.8 cm³/mol. The lowest BCUT2D eigenvalue weighted by Gasteiger charge is -2.11. The molecule has 8 nitrogen and oxygen atoms in total. The van der Waals surface area contributed by atoms with E-state index in [0.717, 1.165) is 6.07 Å². The van der Waals surface area contributed by atoms with Gasteiger partial charge in [-0.1, -0.05) is 0 Å². The number of primary sulfonamides is 1. The number of benzene rings is 1. The molecule has 1 saturated heterocycles. The van der Waals surface area contributed by atoms with Crippen molar-refractivity contribution in [3.63, 3.8) is 0 Å². The number of esters is 1. The fourth-order valence-corrected chi connectivity index (χ4v) is 2.40. The van der Waals surface area contributed by atoms with Crippen LogP contribution in [0.2, 0.25) is 0 Å². The Hall–Kier alpha value is -2.00. The third-order valence-corrected chi connectivity index (χ3v) is 3.89. The van der Waals surface area contributed by atoms with Crippen molar-refractivity contribution < 1.29 is 17.9 Å². The number of cyclic esters (lactones) is 1. The average Bonchev–Trinajstić information content (AvgIpc) is 2.80. The zero-order valence-corrected chi connectivity index (χ0v) is 11.2. The Labute approximate surface area is 115 Å². The van der Waals surface area contributed by atoms with Gasteiger partial charge in [0.25, 0.3) is 0 Å². The molecule has 0 amide bonds. The van der Waals surface area contributed by atoms with E-state index in [0.29, 0.717) is 18.7 Å². The summed E-state index contributed by atoms with van der Waals surface area (Å²) in [6.45, 7) is 0.671. The van der Waals surface area contributed by atoms with Crippen LogP contribution in [0.5, 0.6) is 0 Å². The minimum atomic E-state index is -3.89. The zero-order chi connectivity index (χ0) is 14.8. The molecule has 9 heteroatoms. The van der Waals surface area contributed by atoms with Crippen LogP contribution in [-0.4, -0.2) is 27.5 Å². The summed E-state index contributed by atoms with van der Waals surface area (Å²) in [6, 6.07) is 3.73. The molecule has 1 unspecified atom stereocenters. The van der Waals surface area contributed by atoms with E-state index in [1.807, 2.05) is 0 Å². The summed E-state index contributed by atoms with van der Waals surface area (Å²) >= 11 is 0.